The van der Waals surface area contributed by atoms with Crippen LogP contribution < -0.4 is 5.73 Å². The van der Waals surface area contributed by atoms with Gasteiger partial charge in [-0.15, -0.1) is 12.4 Å². The molecule has 1 aromatic rings. The summed E-state index contributed by atoms with van der Waals surface area (Å²) in [6.07, 6.45) is 0.205. The van der Waals surface area contributed by atoms with Crippen molar-refractivity contribution in [2.24, 2.45) is 5.73 Å². The van der Waals surface area contributed by atoms with E-state index in [-0.39, 0.29) is 30.1 Å². The number of aromatic hydroxyl groups is 1. The fraction of sp³-hybridized carbons (Fsp3) is 0.333. The van der Waals surface area contributed by atoms with Crippen molar-refractivity contribution in [1.82, 2.24) is 0 Å². The van der Waals surface area contributed by atoms with Gasteiger partial charge in [0.05, 0.1) is 14.2 Å². The molecule has 6 nitrogen and oxygen atoms in total. The molecule has 0 saturated carbocycles. The molecule has 0 fully saturated rings. The van der Waals surface area contributed by atoms with E-state index >= 15 is 0 Å². The largest absolute Gasteiger partial charge is 0.507 e. The fourth-order valence-electron chi connectivity index (χ4n) is 1.47. The maximum Gasteiger partial charge on any atom is 0.341 e. The van der Waals surface area contributed by atoms with E-state index in [0.29, 0.717) is 5.56 Å². The van der Waals surface area contributed by atoms with Crippen molar-refractivity contribution in [3.05, 3.63) is 29.3 Å². The smallest absolute Gasteiger partial charge is 0.341 e. The van der Waals surface area contributed by atoms with Gasteiger partial charge >= 0.3 is 11.9 Å². The molecule has 19 heavy (non-hydrogen) atoms. The third-order valence-electron chi connectivity index (χ3n) is 2.43. The molecule has 0 aliphatic rings. The van der Waals surface area contributed by atoms with Gasteiger partial charge in [-0.1, -0.05) is 6.07 Å². The van der Waals surface area contributed by atoms with Crippen molar-refractivity contribution < 1.29 is 24.2 Å². The van der Waals surface area contributed by atoms with Gasteiger partial charge in [-0.05, 0) is 24.1 Å². The monoisotopic (exact) mass is 289 g/mol. The molecule has 0 bridgehead atoms. The number of phenols is 1. The zero-order chi connectivity index (χ0) is 13.7. The normalized spacial score (nSPS) is 11.1. The minimum atomic E-state index is -0.815. The highest BCUT2D eigenvalue weighted by Crippen LogP contribution is 2.20. The fourth-order valence-corrected chi connectivity index (χ4v) is 1.47. The Bertz CT molecular complexity index is 463. The number of methoxy groups -OCH3 is 2. The maximum absolute atomic E-state index is 11.4. The summed E-state index contributed by atoms with van der Waals surface area (Å²) in [5.74, 6) is -1.37. The molecule has 1 atom stereocenters. The van der Waals surface area contributed by atoms with Crippen LogP contribution in [-0.4, -0.2) is 37.3 Å². The van der Waals surface area contributed by atoms with Crippen molar-refractivity contribution in [3.8, 4) is 5.75 Å². The molecular weight excluding hydrogens is 274 g/mol. The van der Waals surface area contributed by atoms with Gasteiger partial charge < -0.3 is 20.3 Å². The summed E-state index contributed by atoms with van der Waals surface area (Å²) < 4.78 is 9.03. The lowest BCUT2D eigenvalue weighted by molar-refractivity contribution is -0.142. The molecule has 0 aliphatic carbocycles. The van der Waals surface area contributed by atoms with Crippen molar-refractivity contribution in [1.29, 1.82) is 0 Å². The van der Waals surface area contributed by atoms with Crippen LogP contribution >= 0.6 is 12.4 Å². The number of esters is 2. The van der Waals surface area contributed by atoms with E-state index in [4.69, 9.17) is 5.73 Å². The second-order valence-electron chi connectivity index (χ2n) is 3.68. The second kappa shape index (κ2) is 7.60. The van der Waals surface area contributed by atoms with Crippen molar-refractivity contribution in [2.45, 2.75) is 12.5 Å². The molecule has 0 heterocycles. The molecule has 1 aromatic carbocycles. The number of carbonyl (C=O) groups is 2. The van der Waals surface area contributed by atoms with Gasteiger partial charge in [-0.2, -0.15) is 0 Å². The van der Waals surface area contributed by atoms with E-state index in [0.717, 1.165) is 0 Å². The number of nitrogens with two attached hydrogens (primary N) is 1. The quantitative estimate of drug-likeness (QED) is 0.789. The summed E-state index contributed by atoms with van der Waals surface area (Å²) in [5.41, 5.74) is 6.27. The van der Waals surface area contributed by atoms with Crippen LogP contribution in [0.4, 0.5) is 0 Å². The Morgan fingerprint density at radius 1 is 1.32 bits per heavy atom. The number of ether oxygens (including phenoxy) is 2. The van der Waals surface area contributed by atoms with Crippen molar-refractivity contribution >= 4 is 24.3 Å². The van der Waals surface area contributed by atoms with Crippen LogP contribution in [0.15, 0.2) is 18.2 Å². The molecule has 106 valence electrons. The average Bonchev–Trinajstić information content (AvgIpc) is 2.38. The Balaban J connectivity index is 0.00000324. The summed E-state index contributed by atoms with van der Waals surface area (Å²) in [6.45, 7) is 0. The van der Waals surface area contributed by atoms with Crippen LogP contribution in [0.5, 0.6) is 5.75 Å². The molecule has 0 aromatic heterocycles. The highest BCUT2D eigenvalue weighted by molar-refractivity contribution is 5.92. The minimum absolute atomic E-state index is 0. The molecule has 0 aliphatic heterocycles. The molecule has 7 heteroatoms. The Morgan fingerprint density at radius 3 is 2.47 bits per heavy atom. The topological polar surface area (TPSA) is 98.9 Å². The van der Waals surface area contributed by atoms with Gasteiger partial charge in [0.1, 0.15) is 17.4 Å². The lowest BCUT2D eigenvalue weighted by Crippen LogP contribution is -2.33. The third kappa shape index (κ3) is 4.42. The number of carbonyl (C=O) groups excluding carboxylic acids is 2. The molecule has 0 radical (unpaired) electrons. The Morgan fingerprint density at radius 2 is 1.95 bits per heavy atom. The lowest BCUT2D eigenvalue weighted by atomic mass is 10.0. The van der Waals surface area contributed by atoms with Gasteiger partial charge in [0.25, 0.3) is 0 Å². The minimum Gasteiger partial charge on any atom is -0.507 e. The highest BCUT2D eigenvalue weighted by atomic mass is 35.5. The van der Waals surface area contributed by atoms with Gasteiger partial charge in [-0.25, -0.2) is 4.79 Å². The Labute approximate surface area is 116 Å². The van der Waals surface area contributed by atoms with Gasteiger partial charge in [0.2, 0.25) is 0 Å². The van der Waals surface area contributed by atoms with Crippen LogP contribution in [0.1, 0.15) is 15.9 Å². The standard InChI is InChI=1S/C12H15NO5.ClH/c1-17-11(15)8-5-7(3-4-10(8)14)6-9(13)12(16)18-2;/h3-5,9,14H,6,13H2,1-2H3;1H/t9-;/m0./s1. The molecule has 0 saturated heterocycles. The van der Waals surface area contributed by atoms with Gasteiger partial charge in [0.15, 0.2) is 0 Å². The van der Waals surface area contributed by atoms with E-state index in [1.54, 1.807) is 6.07 Å². The summed E-state index contributed by atoms with van der Waals surface area (Å²) in [7, 11) is 2.47. The summed E-state index contributed by atoms with van der Waals surface area (Å²) >= 11 is 0. The first-order valence-corrected chi connectivity index (χ1v) is 5.23. The third-order valence-corrected chi connectivity index (χ3v) is 2.43. The maximum atomic E-state index is 11.4. The molecular formula is C12H16ClNO5. The Kier molecular flexibility index (Phi) is 6.89. The highest BCUT2D eigenvalue weighted by Gasteiger charge is 2.17. The Hall–Kier alpha value is -1.79. The first-order chi connectivity index (χ1) is 8.49. The van der Waals surface area contributed by atoms with E-state index in [2.05, 4.69) is 9.47 Å². The first kappa shape index (κ1) is 17.2. The molecule has 3 N–H and O–H groups in total. The molecule has 0 spiro atoms. The van der Waals surface area contributed by atoms with E-state index in [9.17, 15) is 14.7 Å². The number of benzene rings is 1. The molecule has 1 rings (SSSR count). The SMILES string of the molecule is COC(=O)c1cc(C[C@H](N)C(=O)OC)ccc1O.Cl. The van der Waals surface area contributed by atoms with Crippen molar-refractivity contribution in [2.75, 3.05) is 14.2 Å². The van der Waals surface area contributed by atoms with E-state index < -0.39 is 18.0 Å². The van der Waals surface area contributed by atoms with Crippen molar-refractivity contribution in [3.63, 3.8) is 0 Å². The number of rotatable bonds is 4. The van der Waals surface area contributed by atoms with Gasteiger partial charge in [-0.3, -0.25) is 4.79 Å². The summed E-state index contributed by atoms with van der Waals surface area (Å²) in [6, 6.07) is 3.55. The van der Waals surface area contributed by atoms with Gasteiger partial charge in [0, 0.05) is 0 Å². The first-order valence-electron chi connectivity index (χ1n) is 5.23. The van der Waals surface area contributed by atoms with Crippen LogP contribution in [0.3, 0.4) is 0 Å². The van der Waals surface area contributed by atoms with Crippen LogP contribution in [0, 0.1) is 0 Å². The van der Waals surface area contributed by atoms with E-state index in [1.807, 2.05) is 0 Å². The summed E-state index contributed by atoms with van der Waals surface area (Å²) in [4.78, 5) is 22.5. The number of halogens is 1. The number of hydrogen-bond acceptors (Lipinski definition) is 6. The lowest BCUT2D eigenvalue weighted by Gasteiger charge is -2.10. The zero-order valence-electron chi connectivity index (χ0n) is 10.6. The van der Waals surface area contributed by atoms with Crippen LogP contribution in [0.2, 0.25) is 0 Å². The molecule has 0 unspecified atom stereocenters. The van der Waals surface area contributed by atoms with Crippen LogP contribution in [0.25, 0.3) is 0 Å². The predicted octanol–water partition coefficient (Wildman–Crippen LogP) is 0.643. The van der Waals surface area contributed by atoms with Crippen LogP contribution in [-0.2, 0) is 20.7 Å². The van der Waals surface area contributed by atoms with E-state index in [1.165, 1.54) is 26.4 Å². The second-order valence-corrected chi connectivity index (χ2v) is 3.68. The zero-order valence-corrected chi connectivity index (χ0v) is 11.4. The molecule has 0 amide bonds. The number of phenolic OH excluding ortho intramolecular Hbond substituents is 1. The predicted molar refractivity (Wildman–Crippen MR) is 70.4 cm³/mol. The summed E-state index contributed by atoms with van der Waals surface area (Å²) in [5, 5.41) is 9.50. The average molecular weight is 290 g/mol. The number of hydrogen-bond donors (Lipinski definition) is 2.